The van der Waals surface area contributed by atoms with Crippen molar-refractivity contribution in [2.24, 2.45) is 5.92 Å². The molecule has 0 aromatic heterocycles. The molecule has 2 aromatic rings. The first kappa shape index (κ1) is 26.0. The Morgan fingerprint density at radius 2 is 1.76 bits per heavy atom. The fourth-order valence-electron chi connectivity index (χ4n) is 3.76. The molecule has 2 aromatic carbocycles. The van der Waals surface area contributed by atoms with Crippen molar-refractivity contribution in [1.29, 1.82) is 0 Å². The Hall–Kier alpha value is -1.65. The first-order valence-corrected chi connectivity index (χ1v) is 14.6. The Morgan fingerprint density at radius 3 is 2.36 bits per heavy atom. The Morgan fingerprint density at radius 1 is 1.09 bits per heavy atom. The predicted octanol–water partition coefficient (Wildman–Crippen LogP) is 3.82. The lowest BCUT2D eigenvalue weighted by atomic mass is 9.98. The van der Waals surface area contributed by atoms with E-state index in [1.165, 1.54) is 22.5 Å². The molecule has 0 aliphatic carbocycles. The molecule has 0 spiro atoms. The number of carbonyl (C=O) groups is 1. The predicted molar refractivity (Wildman–Crippen MR) is 129 cm³/mol. The van der Waals surface area contributed by atoms with E-state index in [0.29, 0.717) is 35.0 Å². The lowest BCUT2D eigenvalue weighted by Crippen LogP contribution is -2.46. The molecular weight excluding hydrogens is 507 g/mol. The molecule has 0 radical (unpaired) electrons. The van der Waals surface area contributed by atoms with Crippen LogP contribution in [0.4, 0.5) is 0 Å². The molecule has 1 aliphatic rings. The zero-order valence-electron chi connectivity index (χ0n) is 18.3. The minimum absolute atomic E-state index is 0.106. The Kier molecular flexibility index (Phi) is 8.11. The number of hydrogen-bond acceptors (Lipinski definition) is 5. The van der Waals surface area contributed by atoms with Crippen molar-refractivity contribution in [2.75, 3.05) is 19.3 Å². The van der Waals surface area contributed by atoms with Gasteiger partial charge < -0.3 is 5.32 Å². The van der Waals surface area contributed by atoms with Gasteiger partial charge in [-0.05, 0) is 55.2 Å². The zero-order chi connectivity index (χ0) is 24.4. The number of amides is 1. The number of carbonyl (C=O) groups excluding carboxylic acids is 1. The topological polar surface area (TPSA) is 101 Å². The van der Waals surface area contributed by atoms with E-state index in [1.54, 1.807) is 31.2 Å². The van der Waals surface area contributed by atoms with Crippen LogP contribution in [-0.2, 0) is 30.4 Å². The quantitative estimate of drug-likeness (QED) is 0.584. The first-order valence-electron chi connectivity index (χ1n) is 10.4. The van der Waals surface area contributed by atoms with Crippen molar-refractivity contribution in [3.8, 4) is 0 Å². The molecule has 2 atom stereocenters. The van der Waals surface area contributed by atoms with Crippen molar-refractivity contribution < 1.29 is 21.6 Å². The smallest absolute Gasteiger partial charge is 0.224 e. The third-order valence-electron chi connectivity index (χ3n) is 5.65. The average molecular weight is 533 g/mol. The summed E-state index contributed by atoms with van der Waals surface area (Å²) in [6, 6.07) is 10.7. The summed E-state index contributed by atoms with van der Waals surface area (Å²) in [6.07, 6.45) is 2.30. The Labute approximate surface area is 205 Å². The molecule has 0 unspecified atom stereocenters. The first-order chi connectivity index (χ1) is 15.4. The molecule has 1 saturated heterocycles. The number of hydrogen-bond donors (Lipinski definition) is 1. The van der Waals surface area contributed by atoms with Gasteiger partial charge in [0.15, 0.2) is 9.84 Å². The second kappa shape index (κ2) is 10.3. The molecule has 0 bridgehead atoms. The molecular formula is C22H26Cl2N2O5S2. The summed E-state index contributed by atoms with van der Waals surface area (Å²) in [5.41, 5.74) is 1.29. The summed E-state index contributed by atoms with van der Waals surface area (Å²) in [6.45, 7) is 2.26. The summed E-state index contributed by atoms with van der Waals surface area (Å²) in [5, 5.41) is 3.56. The molecule has 3 rings (SSSR count). The maximum atomic E-state index is 12.9. The number of halogens is 2. The van der Waals surface area contributed by atoms with Gasteiger partial charge in [-0.15, -0.1) is 0 Å². The van der Waals surface area contributed by atoms with Gasteiger partial charge in [0.05, 0.1) is 32.7 Å². The van der Waals surface area contributed by atoms with Gasteiger partial charge in [-0.3, -0.25) is 4.79 Å². The van der Waals surface area contributed by atoms with Gasteiger partial charge in [-0.1, -0.05) is 41.4 Å². The highest BCUT2D eigenvalue weighted by molar-refractivity contribution is 7.90. The molecule has 11 heteroatoms. The van der Waals surface area contributed by atoms with Crippen LogP contribution in [0.5, 0.6) is 0 Å². The lowest BCUT2D eigenvalue weighted by molar-refractivity contribution is -0.126. The number of rotatable bonds is 7. The zero-order valence-corrected chi connectivity index (χ0v) is 21.4. The number of sulfonamides is 1. The fraction of sp³-hybridized carbons (Fsp3) is 0.409. The molecule has 180 valence electrons. The summed E-state index contributed by atoms with van der Waals surface area (Å²) in [5.74, 6) is -0.925. The number of benzene rings is 2. The summed E-state index contributed by atoms with van der Waals surface area (Å²) >= 11 is 11.9. The van der Waals surface area contributed by atoms with E-state index in [1.807, 2.05) is 0 Å². The standard InChI is InChI=1S/C22H26Cl2N2O5S2/c1-15(17-6-8-19(9-7-17)32(2,28)29)25-22(27)18-4-3-11-26(13-18)33(30,31)14-16-5-10-20(23)21(24)12-16/h5-10,12,15,18H,3-4,11,13-14H2,1-2H3,(H,25,27)/t15-,18+/m1/s1. The summed E-state index contributed by atoms with van der Waals surface area (Å²) < 4.78 is 50.5. The van der Waals surface area contributed by atoms with Crippen LogP contribution in [0.25, 0.3) is 0 Å². The minimum Gasteiger partial charge on any atom is -0.349 e. The summed E-state index contributed by atoms with van der Waals surface area (Å²) in [7, 11) is -6.93. The van der Waals surface area contributed by atoms with Crippen molar-refractivity contribution in [1.82, 2.24) is 9.62 Å². The SMILES string of the molecule is C[C@@H](NC(=O)[C@H]1CCCN(S(=O)(=O)Cc2ccc(Cl)c(Cl)c2)C1)c1ccc(S(C)(=O)=O)cc1. The van der Waals surface area contributed by atoms with Gasteiger partial charge in [0.2, 0.25) is 15.9 Å². The van der Waals surface area contributed by atoms with E-state index >= 15 is 0 Å². The number of nitrogens with one attached hydrogen (secondary N) is 1. The highest BCUT2D eigenvalue weighted by Crippen LogP contribution is 2.26. The Balaban J connectivity index is 1.64. The molecule has 1 heterocycles. The second-order valence-corrected chi connectivity index (χ2v) is 13.1. The van der Waals surface area contributed by atoms with Gasteiger partial charge in [-0.25, -0.2) is 21.1 Å². The monoisotopic (exact) mass is 532 g/mol. The molecule has 1 aliphatic heterocycles. The van der Waals surface area contributed by atoms with Crippen LogP contribution in [0.15, 0.2) is 47.4 Å². The van der Waals surface area contributed by atoms with Crippen LogP contribution in [0.2, 0.25) is 10.0 Å². The highest BCUT2D eigenvalue weighted by Gasteiger charge is 2.33. The van der Waals surface area contributed by atoms with Crippen LogP contribution in [0.1, 0.15) is 36.9 Å². The van der Waals surface area contributed by atoms with Gasteiger partial charge in [0.1, 0.15) is 0 Å². The van der Waals surface area contributed by atoms with Crippen molar-refractivity contribution in [2.45, 2.75) is 36.5 Å². The van der Waals surface area contributed by atoms with Gasteiger partial charge in [0.25, 0.3) is 0 Å². The number of sulfone groups is 1. The average Bonchev–Trinajstić information content (AvgIpc) is 2.75. The van der Waals surface area contributed by atoms with Gasteiger partial charge >= 0.3 is 0 Å². The molecule has 1 amide bonds. The van der Waals surface area contributed by atoms with E-state index in [9.17, 15) is 21.6 Å². The third-order valence-corrected chi connectivity index (χ3v) is 9.33. The van der Waals surface area contributed by atoms with Crippen molar-refractivity contribution >= 4 is 49.0 Å². The Bertz CT molecular complexity index is 1230. The molecule has 0 saturated carbocycles. The van der Waals surface area contributed by atoms with Crippen LogP contribution in [-0.4, -0.2) is 46.4 Å². The van der Waals surface area contributed by atoms with Crippen molar-refractivity contribution in [3.63, 3.8) is 0 Å². The maximum absolute atomic E-state index is 12.9. The molecule has 33 heavy (non-hydrogen) atoms. The van der Waals surface area contributed by atoms with Crippen LogP contribution in [0, 0.1) is 5.92 Å². The van der Waals surface area contributed by atoms with E-state index < -0.39 is 25.8 Å². The fourth-order valence-corrected chi connectivity index (χ4v) is 6.31. The van der Waals surface area contributed by atoms with E-state index in [4.69, 9.17) is 23.2 Å². The largest absolute Gasteiger partial charge is 0.349 e. The van der Waals surface area contributed by atoms with Crippen molar-refractivity contribution in [3.05, 3.63) is 63.6 Å². The van der Waals surface area contributed by atoms with E-state index in [-0.39, 0.29) is 29.1 Å². The lowest BCUT2D eigenvalue weighted by Gasteiger charge is -2.32. The van der Waals surface area contributed by atoms with Crippen LogP contribution < -0.4 is 5.32 Å². The minimum atomic E-state index is -3.64. The molecule has 7 nitrogen and oxygen atoms in total. The molecule has 1 N–H and O–H groups in total. The molecule has 1 fully saturated rings. The van der Waals surface area contributed by atoms with E-state index in [0.717, 1.165) is 11.8 Å². The summed E-state index contributed by atoms with van der Waals surface area (Å²) in [4.78, 5) is 13.1. The maximum Gasteiger partial charge on any atom is 0.224 e. The second-order valence-electron chi connectivity index (χ2n) is 8.27. The normalized spacial score (nSPS) is 18.6. The number of nitrogens with zero attached hydrogens (tertiary/aromatic N) is 1. The third kappa shape index (κ3) is 6.70. The number of piperidine rings is 1. The van der Waals surface area contributed by atoms with Crippen LogP contribution >= 0.6 is 23.2 Å². The van der Waals surface area contributed by atoms with Crippen LogP contribution in [0.3, 0.4) is 0 Å². The van der Waals surface area contributed by atoms with Gasteiger partial charge in [-0.2, -0.15) is 0 Å². The van der Waals surface area contributed by atoms with E-state index in [2.05, 4.69) is 5.32 Å². The van der Waals surface area contributed by atoms with Gasteiger partial charge in [0, 0.05) is 19.3 Å². The highest BCUT2D eigenvalue weighted by atomic mass is 35.5.